The third-order valence-corrected chi connectivity index (χ3v) is 4.12. The predicted octanol–water partition coefficient (Wildman–Crippen LogP) is 5.60. The van der Waals surface area contributed by atoms with Crippen LogP contribution >= 0.6 is 0 Å². The number of hydrogen-bond acceptors (Lipinski definition) is 1. The summed E-state index contributed by atoms with van der Waals surface area (Å²) in [6.45, 7) is 10.7. The second-order valence-corrected chi connectivity index (χ2v) is 6.76. The van der Waals surface area contributed by atoms with Crippen molar-refractivity contribution in [1.82, 2.24) is 0 Å². The SMILES string of the molecule is CC1=C(/C=C/C(C)=C/C=C/C(C)=C/C(=O)O)C(C)(C)CCC1.[Pt]. The van der Waals surface area contributed by atoms with Crippen LogP contribution in [0.2, 0.25) is 0 Å². The zero-order valence-electron chi connectivity index (χ0n) is 14.8. The molecule has 0 unspecified atom stereocenters. The van der Waals surface area contributed by atoms with Gasteiger partial charge in [0.05, 0.1) is 0 Å². The van der Waals surface area contributed by atoms with Crippen molar-refractivity contribution in [2.75, 3.05) is 0 Å². The number of aliphatic carboxylic acids is 1. The van der Waals surface area contributed by atoms with Crippen LogP contribution in [0.5, 0.6) is 0 Å². The Kier molecular flexibility index (Phi) is 9.39. The van der Waals surface area contributed by atoms with Crippen molar-refractivity contribution in [3.63, 3.8) is 0 Å². The Morgan fingerprint density at radius 1 is 1.17 bits per heavy atom. The summed E-state index contributed by atoms with van der Waals surface area (Å²) in [5.41, 5.74) is 5.09. The molecule has 0 saturated carbocycles. The maximum atomic E-state index is 10.5. The number of carbonyl (C=O) groups is 1. The van der Waals surface area contributed by atoms with E-state index in [-0.39, 0.29) is 26.5 Å². The van der Waals surface area contributed by atoms with Crippen LogP contribution in [0.15, 0.2) is 58.7 Å². The van der Waals surface area contributed by atoms with Crippen molar-refractivity contribution in [1.29, 1.82) is 0 Å². The molecule has 0 radical (unpaired) electrons. The Labute approximate surface area is 155 Å². The van der Waals surface area contributed by atoms with Crippen molar-refractivity contribution in [2.45, 2.75) is 53.9 Å². The largest absolute Gasteiger partial charge is 0.478 e. The first kappa shape index (κ1) is 21.9. The van der Waals surface area contributed by atoms with E-state index in [1.54, 1.807) is 13.0 Å². The van der Waals surface area contributed by atoms with Crippen LogP contribution in [-0.4, -0.2) is 11.1 Å². The average Bonchev–Trinajstić information content (AvgIpc) is 2.36. The number of hydrogen-bond donors (Lipinski definition) is 1. The molecule has 0 aromatic rings. The Morgan fingerprint density at radius 3 is 2.39 bits per heavy atom. The van der Waals surface area contributed by atoms with Gasteiger partial charge in [-0.3, -0.25) is 0 Å². The van der Waals surface area contributed by atoms with Crippen molar-refractivity contribution in [3.8, 4) is 0 Å². The molecule has 1 aliphatic rings. The normalized spacial score (nSPS) is 19.3. The Morgan fingerprint density at radius 2 is 1.83 bits per heavy atom. The minimum atomic E-state index is -0.912. The fourth-order valence-electron chi connectivity index (χ4n) is 2.88. The van der Waals surface area contributed by atoms with Crippen LogP contribution in [0.25, 0.3) is 0 Å². The van der Waals surface area contributed by atoms with Gasteiger partial charge in [-0.1, -0.05) is 55.4 Å². The molecule has 0 aliphatic heterocycles. The van der Waals surface area contributed by atoms with E-state index in [9.17, 15) is 4.79 Å². The van der Waals surface area contributed by atoms with Crippen LogP contribution < -0.4 is 0 Å². The van der Waals surface area contributed by atoms with Crippen LogP contribution in [0, 0.1) is 5.41 Å². The molecule has 130 valence electrons. The van der Waals surface area contributed by atoms with E-state index < -0.39 is 5.97 Å². The molecule has 23 heavy (non-hydrogen) atoms. The first-order valence-corrected chi connectivity index (χ1v) is 7.87. The molecule has 0 saturated heterocycles. The summed E-state index contributed by atoms with van der Waals surface area (Å²) >= 11 is 0. The molecule has 1 N–H and O–H groups in total. The van der Waals surface area contributed by atoms with E-state index in [1.165, 1.54) is 36.5 Å². The van der Waals surface area contributed by atoms with Crippen molar-refractivity contribution in [3.05, 3.63) is 58.7 Å². The monoisotopic (exact) mass is 495 g/mol. The molecule has 0 aromatic carbocycles. The Hall–Kier alpha value is -1.14. The molecule has 0 fully saturated rings. The molecule has 0 spiro atoms. The Bertz CT molecular complexity index is 572. The van der Waals surface area contributed by atoms with Gasteiger partial charge in [-0.05, 0) is 56.6 Å². The Balaban J connectivity index is 0.00000484. The van der Waals surface area contributed by atoms with E-state index in [0.29, 0.717) is 0 Å². The van der Waals surface area contributed by atoms with Crippen LogP contribution in [-0.2, 0) is 25.9 Å². The summed E-state index contributed by atoms with van der Waals surface area (Å²) in [5, 5.41) is 8.65. The standard InChI is InChI=1S/C20H28O2.Pt/c1-15(8-6-9-16(2)14-19(21)22)11-12-18-17(3)10-7-13-20(18,4)5;/h6,8-9,11-12,14H,7,10,13H2,1-5H3,(H,21,22);/b9-6+,12-11+,15-8+,16-14+;. The van der Waals surface area contributed by atoms with Gasteiger partial charge in [0.25, 0.3) is 0 Å². The summed E-state index contributed by atoms with van der Waals surface area (Å²) < 4.78 is 0. The molecule has 0 aromatic heterocycles. The summed E-state index contributed by atoms with van der Waals surface area (Å²) in [6.07, 6.45) is 15.0. The summed E-state index contributed by atoms with van der Waals surface area (Å²) in [5.74, 6) is -0.912. The molecule has 0 atom stereocenters. The van der Waals surface area contributed by atoms with Gasteiger partial charge in [-0.25, -0.2) is 4.79 Å². The van der Waals surface area contributed by atoms with Crippen molar-refractivity contribution >= 4 is 5.97 Å². The van der Waals surface area contributed by atoms with Gasteiger partial charge in [-0.15, -0.1) is 0 Å². The minimum absolute atomic E-state index is 0. The van der Waals surface area contributed by atoms with E-state index in [0.717, 1.165) is 11.1 Å². The number of carboxylic acid groups (broad SMARTS) is 1. The number of rotatable bonds is 5. The van der Waals surface area contributed by atoms with Crippen LogP contribution in [0.1, 0.15) is 53.9 Å². The molecule has 0 bridgehead atoms. The second-order valence-electron chi connectivity index (χ2n) is 6.76. The van der Waals surface area contributed by atoms with E-state index in [2.05, 4.69) is 39.8 Å². The molecule has 0 amide bonds. The maximum absolute atomic E-state index is 10.5. The maximum Gasteiger partial charge on any atom is 0.328 e. The molecule has 1 aliphatic carbocycles. The molecule has 3 heteroatoms. The van der Waals surface area contributed by atoms with Gasteiger partial charge in [0, 0.05) is 27.1 Å². The zero-order valence-corrected chi connectivity index (χ0v) is 17.0. The first-order valence-electron chi connectivity index (χ1n) is 7.87. The van der Waals surface area contributed by atoms with E-state index in [4.69, 9.17) is 5.11 Å². The summed E-state index contributed by atoms with van der Waals surface area (Å²) in [7, 11) is 0. The third-order valence-electron chi connectivity index (χ3n) is 4.12. The fourth-order valence-corrected chi connectivity index (χ4v) is 2.88. The summed E-state index contributed by atoms with van der Waals surface area (Å²) in [6, 6.07) is 0. The predicted molar refractivity (Wildman–Crippen MR) is 93.8 cm³/mol. The second kappa shape index (κ2) is 9.88. The fraction of sp³-hybridized carbons (Fsp3) is 0.450. The van der Waals surface area contributed by atoms with E-state index >= 15 is 0 Å². The first-order chi connectivity index (χ1) is 10.2. The number of allylic oxidation sites excluding steroid dienone is 9. The molecule has 2 nitrogen and oxygen atoms in total. The topological polar surface area (TPSA) is 37.3 Å². The van der Waals surface area contributed by atoms with E-state index in [1.807, 2.05) is 12.2 Å². The molecular formula is C20H28O2Pt. The van der Waals surface area contributed by atoms with Gasteiger partial charge < -0.3 is 5.11 Å². The molecule has 1 rings (SSSR count). The van der Waals surface area contributed by atoms with Crippen LogP contribution in [0.3, 0.4) is 0 Å². The van der Waals surface area contributed by atoms with Gasteiger partial charge in [-0.2, -0.15) is 0 Å². The van der Waals surface area contributed by atoms with Gasteiger partial charge in [0.2, 0.25) is 0 Å². The third kappa shape index (κ3) is 7.79. The van der Waals surface area contributed by atoms with Crippen LogP contribution in [0.4, 0.5) is 0 Å². The van der Waals surface area contributed by atoms with Crippen molar-refractivity contribution < 1.29 is 31.0 Å². The van der Waals surface area contributed by atoms with Gasteiger partial charge in [0.1, 0.15) is 0 Å². The molecule has 0 heterocycles. The molecular weight excluding hydrogens is 467 g/mol. The minimum Gasteiger partial charge on any atom is -0.478 e. The summed E-state index contributed by atoms with van der Waals surface area (Å²) in [4.78, 5) is 10.5. The number of carboxylic acids is 1. The van der Waals surface area contributed by atoms with Gasteiger partial charge >= 0.3 is 5.97 Å². The van der Waals surface area contributed by atoms with Gasteiger partial charge in [0.15, 0.2) is 0 Å². The zero-order chi connectivity index (χ0) is 16.8. The van der Waals surface area contributed by atoms with Crippen molar-refractivity contribution in [2.24, 2.45) is 5.41 Å². The quantitative estimate of drug-likeness (QED) is 0.398. The smallest absolute Gasteiger partial charge is 0.328 e. The average molecular weight is 496 g/mol.